The summed E-state index contributed by atoms with van der Waals surface area (Å²) >= 11 is 0. The van der Waals surface area contributed by atoms with Crippen molar-refractivity contribution in [2.75, 3.05) is 26.3 Å². The average molecular weight is 379 g/mol. The summed E-state index contributed by atoms with van der Waals surface area (Å²) in [5.41, 5.74) is 4.55. The van der Waals surface area contributed by atoms with Gasteiger partial charge in [0.25, 0.3) is 0 Å². The molecule has 0 atom stereocenters. The van der Waals surface area contributed by atoms with Gasteiger partial charge in [-0.2, -0.15) is 0 Å². The summed E-state index contributed by atoms with van der Waals surface area (Å²) in [4.78, 5) is 7.08. The highest BCUT2D eigenvalue weighted by molar-refractivity contribution is 5.88. The van der Waals surface area contributed by atoms with Crippen LogP contribution in [0.15, 0.2) is 54.7 Å². The molecule has 0 radical (unpaired) electrons. The van der Waals surface area contributed by atoms with Crippen LogP contribution in [0.3, 0.4) is 0 Å². The van der Waals surface area contributed by atoms with Crippen molar-refractivity contribution < 1.29 is 9.47 Å². The minimum atomic E-state index is 0.552. The number of rotatable bonds is 5. The van der Waals surface area contributed by atoms with Crippen molar-refractivity contribution in [3.63, 3.8) is 0 Å². The average Bonchev–Trinajstić information content (AvgIpc) is 2.76. The van der Waals surface area contributed by atoms with Crippen LogP contribution < -0.4 is 4.74 Å². The Morgan fingerprint density at radius 3 is 2.54 bits per heavy atom. The molecule has 0 bridgehead atoms. The summed E-state index contributed by atoms with van der Waals surface area (Å²) in [5.74, 6) is 0.884. The van der Waals surface area contributed by atoms with Gasteiger partial charge in [-0.05, 0) is 29.7 Å². The summed E-state index contributed by atoms with van der Waals surface area (Å²) in [6.07, 6.45) is 1.84. The van der Waals surface area contributed by atoms with E-state index < -0.39 is 0 Å². The fourth-order valence-electron chi connectivity index (χ4n) is 3.48. The standard InChI is InChI=1S/C22H24N2O2.C2H6/c1-17-14-19(15-24-10-12-25-13-11-24)20-8-5-9-23-21(20)22(17)26-16-18-6-3-2-4-7-18;1-2/h2-9,14H,10-13,15-16H2,1H3;1-2H3. The lowest BCUT2D eigenvalue weighted by molar-refractivity contribution is 0.0343. The van der Waals surface area contributed by atoms with Gasteiger partial charge in [0.2, 0.25) is 0 Å². The topological polar surface area (TPSA) is 34.6 Å². The smallest absolute Gasteiger partial charge is 0.148 e. The van der Waals surface area contributed by atoms with Crippen LogP contribution in [-0.4, -0.2) is 36.2 Å². The molecule has 1 aliphatic heterocycles. The fraction of sp³-hybridized carbons (Fsp3) is 0.375. The van der Waals surface area contributed by atoms with Gasteiger partial charge in [-0.25, -0.2) is 0 Å². The van der Waals surface area contributed by atoms with Gasteiger partial charge >= 0.3 is 0 Å². The molecule has 4 nitrogen and oxygen atoms in total. The summed E-state index contributed by atoms with van der Waals surface area (Å²) < 4.78 is 11.7. The van der Waals surface area contributed by atoms with Gasteiger partial charge in [0, 0.05) is 31.2 Å². The number of pyridine rings is 1. The highest BCUT2D eigenvalue weighted by Gasteiger charge is 2.16. The van der Waals surface area contributed by atoms with Gasteiger partial charge in [-0.1, -0.05) is 56.3 Å². The van der Waals surface area contributed by atoms with E-state index in [-0.39, 0.29) is 0 Å². The molecule has 3 aromatic rings. The van der Waals surface area contributed by atoms with Crippen molar-refractivity contribution in [1.29, 1.82) is 0 Å². The number of nitrogens with zero attached hydrogens (tertiary/aromatic N) is 2. The number of aromatic nitrogens is 1. The lowest BCUT2D eigenvalue weighted by atomic mass is 10.0. The molecular formula is C24H30N2O2. The van der Waals surface area contributed by atoms with Crippen molar-refractivity contribution in [1.82, 2.24) is 9.88 Å². The number of hydrogen-bond acceptors (Lipinski definition) is 4. The fourth-order valence-corrected chi connectivity index (χ4v) is 3.48. The third-order valence-corrected chi connectivity index (χ3v) is 4.84. The molecule has 0 N–H and O–H groups in total. The lowest BCUT2D eigenvalue weighted by Gasteiger charge is -2.27. The van der Waals surface area contributed by atoms with E-state index in [1.165, 1.54) is 10.9 Å². The van der Waals surface area contributed by atoms with Gasteiger partial charge in [0.15, 0.2) is 0 Å². The van der Waals surface area contributed by atoms with E-state index in [1.807, 2.05) is 44.3 Å². The Labute approximate surface area is 168 Å². The second-order valence-electron chi connectivity index (χ2n) is 6.74. The van der Waals surface area contributed by atoms with E-state index in [1.54, 1.807) is 0 Å². The van der Waals surface area contributed by atoms with E-state index in [9.17, 15) is 0 Å². The first kappa shape index (κ1) is 20.3. The maximum absolute atomic E-state index is 6.18. The molecule has 0 saturated carbocycles. The van der Waals surface area contributed by atoms with Crippen molar-refractivity contribution in [3.05, 3.63) is 71.4 Å². The second kappa shape index (κ2) is 10.2. The highest BCUT2D eigenvalue weighted by Crippen LogP contribution is 2.32. The van der Waals surface area contributed by atoms with Gasteiger partial charge in [0.1, 0.15) is 17.9 Å². The number of fused-ring (bicyclic) bond motifs is 1. The van der Waals surface area contributed by atoms with Crippen molar-refractivity contribution in [2.45, 2.75) is 33.9 Å². The monoisotopic (exact) mass is 378 g/mol. The molecular weight excluding hydrogens is 348 g/mol. The first-order valence-corrected chi connectivity index (χ1v) is 10.2. The summed E-state index contributed by atoms with van der Waals surface area (Å²) in [7, 11) is 0. The third-order valence-electron chi connectivity index (χ3n) is 4.84. The lowest BCUT2D eigenvalue weighted by Crippen LogP contribution is -2.35. The van der Waals surface area contributed by atoms with Crippen molar-refractivity contribution >= 4 is 10.9 Å². The number of aryl methyl sites for hydroxylation is 1. The summed E-state index contributed by atoms with van der Waals surface area (Å²) in [6, 6.07) is 16.6. The van der Waals surface area contributed by atoms with Gasteiger partial charge in [-0.3, -0.25) is 9.88 Å². The number of morpholine rings is 1. The highest BCUT2D eigenvalue weighted by atomic mass is 16.5. The zero-order valence-corrected chi connectivity index (χ0v) is 17.1. The Morgan fingerprint density at radius 1 is 1.04 bits per heavy atom. The van der Waals surface area contributed by atoms with Gasteiger partial charge < -0.3 is 9.47 Å². The van der Waals surface area contributed by atoms with E-state index >= 15 is 0 Å². The Morgan fingerprint density at radius 2 is 1.79 bits per heavy atom. The molecule has 1 aliphatic rings. The molecule has 2 heterocycles. The zero-order chi connectivity index (χ0) is 19.8. The van der Waals surface area contributed by atoms with Crippen LogP contribution >= 0.6 is 0 Å². The first-order chi connectivity index (χ1) is 13.8. The Balaban J connectivity index is 0.00000109. The first-order valence-electron chi connectivity index (χ1n) is 10.2. The Kier molecular flexibility index (Phi) is 7.40. The molecule has 28 heavy (non-hydrogen) atoms. The normalized spacial score (nSPS) is 14.4. The molecule has 1 fully saturated rings. The molecule has 2 aromatic carbocycles. The van der Waals surface area contributed by atoms with Crippen LogP contribution in [-0.2, 0) is 17.9 Å². The van der Waals surface area contributed by atoms with Crippen LogP contribution in [0.4, 0.5) is 0 Å². The number of hydrogen-bond donors (Lipinski definition) is 0. The Bertz CT molecular complexity index is 874. The maximum Gasteiger partial charge on any atom is 0.148 e. The van der Waals surface area contributed by atoms with E-state index in [4.69, 9.17) is 9.47 Å². The molecule has 0 spiro atoms. The number of ether oxygens (including phenoxy) is 2. The van der Waals surface area contributed by atoms with Crippen LogP contribution in [0.5, 0.6) is 5.75 Å². The Hall–Kier alpha value is -2.43. The summed E-state index contributed by atoms with van der Waals surface area (Å²) in [5, 5.41) is 1.17. The predicted octanol–water partition coefficient (Wildman–Crippen LogP) is 4.98. The molecule has 4 rings (SSSR count). The minimum Gasteiger partial charge on any atom is -0.486 e. The molecule has 0 aliphatic carbocycles. The summed E-state index contributed by atoms with van der Waals surface area (Å²) in [6.45, 7) is 11.2. The third kappa shape index (κ3) is 4.89. The van der Waals surface area contributed by atoms with E-state index in [2.05, 4.69) is 41.1 Å². The van der Waals surface area contributed by atoms with Gasteiger partial charge in [0.05, 0.1) is 13.2 Å². The molecule has 4 heteroatoms. The van der Waals surface area contributed by atoms with Crippen LogP contribution in [0.1, 0.15) is 30.5 Å². The second-order valence-corrected chi connectivity index (χ2v) is 6.74. The van der Waals surface area contributed by atoms with Crippen LogP contribution in [0, 0.1) is 6.92 Å². The molecule has 1 saturated heterocycles. The number of benzene rings is 2. The largest absolute Gasteiger partial charge is 0.486 e. The van der Waals surface area contributed by atoms with Crippen molar-refractivity contribution in [2.24, 2.45) is 0 Å². The maximum atomic E-state index is 6.18. The van der Waals surface area contributed by atoms with Crippen molar-refractivity contribution in [3.8, 4) is 5.75 Å². The van der Waals surface area contributed by atoms with Crippen LogP contribution in [0.25, 0.3) is 10.9 Å². The molecule has 0 amide bonds. The van der Waals surface area contributed by atoms with E-state index in [0.29, 0.717) is 6.61 Å². The quantitative estimate of drug-likeness (QED) is 0.627. The molecule has 0 unspecified atom stereocenters. The SMILES string of the molecule is CC.Cc1cc(CN2CCOCC2)c2cccnc2c1OCc1ccccc1. The minimum absolute atomic E-state index is 0.552. The predicted molar refractivity (Wildman–Crippen MR) is 115 cm³/mol. The van der Waals surface area contributed by atoms with Crippen LogP contribution in [0.2, 0.25) is 0 Å². The van der Waals surface area contributed by atoms with E-state index in [0.717, 1.165) is 55.2 Å². The van der Waals surface area contributed by atoms with Gasteiger partial charge in [-0.15, -0.1) is 0 Å². The molecule has 1 aromatic heterocycles. The molecule has 148 valence electrons. The zero-order valence-electron chi connectivity index (χ0n) is 17.1.